The number of ether oxygens (including phenoxy) is 1. The molecule has 1 amide bonds. The minimum absolute atomic E-state index is 0.108. The molecule has 0 aliphatic heterocycles. The van der Waals surface area contributed by atoms with Gasteiger partial charge in [-0.3, -0.25) is 9.52 Å². The lowest BCUT2D eigenvalue weighted by atomic mass is 10.1. The smallest absolute Gasteiger partial charge is 0.261 e. The van der Waals surface area contributed by atoms with E-state index < -0.39 is 10.0 Å². The van der Waals surface area contributed by atoms with E-state index >= 15 is 0 Å². The number of fused-ring (bicyclic) bond motifs is 1. The summed E-state index contributed by atoms with van der Waals surface area (Å²) >= 11 is 1.56. The second-order valence-electron chi connectivity index (χ2n) is 7.84. The number of para-hydroxylation sites is 2. The number of amides is 1. The van der Waals surface area contributed by atoms with Crippen molar-refractivity contribution in [2.75, 3.05) is 17.1 Å². The third kappa shape index (κ3) is 4.93. The van der Waals surface area contributed by atoms with Gasteiger partial charge in [0.15, 0.2) is 0 Å². The summed E-state index contributed by atoms with van der Waals surface area (Å²) < 4.78 is 34.0. The Hall–Kier alpha value is -4.21. The lowest BCUT2D eigenvalue weighted by molar-refractivity contribution is 0.102. The standard InChI is InChI=1S/C27H21N3O4S2/c1-34-20-14-16-21(17-15-20)36(32,33)30-19-12-10-18(11-13-19)26(31)28-23-7-3-2-6-22(23)27-29-24-8-4-5-9-25(24)35-27/h2-17,30H,1H3,(H,28,31). The molecule has 0 spiro atoms. The Balaban J connectivity index is 1.32. The van der Waals surface area contributed by atoms with Gasteiger partial charge >= 0.3 is 0 Å². The predicted molar refractivity (Wildman–Crippen MR) is 143 cm³/mol. The molecule has 7 nitrogen and oxygen atoms in total. The molecule has 4 aromatic carbocycles. The molecular weight excluding hydrogens is 494 g/mol. The monoisotopic (exact) mass is 515 g/mol. The number of anilines is 2. The average Bonchev–Trinajstić information content (AvgIpc) is 3.33. The van der Waals surface area contributed by atoms with Crippen LogP contribution in [0.5, 0.6) is 5.75 Å². The first-order chi connectivity index (χ1) is 17.4. The Bertz CT molecular complexity index is 1610. The number of hydrogen-bond donors (Lipinski definition) is 2. The summed E-state index contributed by atoms with van der Waals surface area (Å²) in [5.74, 6) is 0.252. The lowest BCUT2D eigenvalue weighted by Gasteiger charge is -2.11. The van der Waals surface area contributed by atoms with E-state index in [1.165, 1.54) is 19.2 Å². The van der Waals surface area contributed by atoms with Crippen molar-refractivity contribution in [3.63, 3.8) is 0 Å². The van der Waals surface area contributed by atoms with Crippen LogP contribution in [0.4, 0.5) is 11.4 Å². The fraction of sp³-hybridized carbons (Fsp3) is 0.0370. The molecule has 180 valence electrons. The first-order valence-corrected chi connectivity index (χ1v) is 13.3. The Morgan fingerprint density at radius 2 is 1.56 bits per heavy atom. The zero-order valence-electron chi connectivity index (χ0n) is 19.1. The summed E-state index contributed by atoms with van der Waals surface area (Å²) in [5.41, 5.74) is 3.12. The maximum absolute atomic E-state index is 13.0. The lowest BCUT2D eigenvalue weighted by Crippen LogP contribution is -2.14. The van der Waals surface area contributed by atoms with Gasteiger partial charge in [-0.15, -0.1) is 11.3 Å². The third-order valence-corrected chi connectivity index (χ3v) is 7.94. The maximum atomic E-state index is 13.0. The van der Waals surface area contributed by atoms with Crippen LogP contribution in [0.2, 0.25) is 0 Å². The third-order valence-electron chi connectivity index (χ3n) is 5.47. The number of carbonyl (C=O) groups excluding carboxylic acids is 1. The van der Waals surface area contributed by atoms with Gasteiger partial charge in [0.05, 0.1) is 27.9 Å². The molecule has 0 aliphatic carbocycles. The van der Waals surface area contributed by atoms with Crippen LogP contribution in [-0.2, 0) is 10.0 Å². The van der Waals surface area contributed by atoms with E-state index in [1.807, 2.05) is 48.5 Å². The summed E-state index contributed by atoms with van der Waals surface area (Å²) in [4.78, 5) is 17.8. The first kappa shape index (κ1) is 23.5. The minimum Gasteiger partial charge on any atom is -0.497 e. The molecule has 5 rings (SSSR count). The molecule has 0 bridgehead atoms. The normalized spacial score (nSPS) is 11.2. The molecule has 0 fully saturated rings. The highest BCUT2D eigenvalue weighted by Crippen LogP contribution is 2.34. The molecule has 2 N–H and O–H groups in total. The van der Waals surface area contributed by atoms with Crippen molar-refractivity contribution >= 4 is 48.9 Å². The fourth-order valence-corrected chi connectivity index (χ4v) is 5.68. The summed E-state index contributed by atoms with van der Waals surface area (Å²) in [6.45, 7) is 0. The number of carbonyl (C=O) groups is 1. The molecule has 5 aromatic rings. The Kier molecular flexibility index (Phi) is 6.41. The summed E-state index contributed by atoms with van der Waals surface area (Å²) in [7, 11) is -2.27. The van der Waals surface area contributed by atoms with Crippen molar-refractivity contribution in [2.24, 2.45) is 0 Å². The number of nitrogens with one attached hydrogen (secondary N) is 2. The summed E-state index contributed by atoms with van der Waals surface area (Å²) in [6.07, 6.45) is 0. The number of sulfonamides is 1. The highest BCUT2D eigenvalue weighted by atomic mass is 32.2. The van der Waals surface area contributed by atoms with Gasteiger partial charge in [0.1, 0.15) is 10.8 Å². The Morgan fingerprint density at radius 3 is 2.28 bits per heavy atom. The number of methoxy groups -OCH3 is 1. The van der Waals surface area contributed by atoms with Gasteiger partial charge in [-0.1, -0.05) is 24.3 Å². The first-order valence-electron chi connectivity index (χ1n) is 11.0. The largest absolute Gasteiger partial charge is 0.497 e. The molecule has 0 saturated heterocycles. The van der Waals surface area contributed by atoms with E-state index in [1.54, 1.807) is 47.7 Å². The van der Waals surface area contributed by atoms with Crippen LogP contribution in [-0.4, -0.2) is 26.4 Å². The molecule has 0 saturated carbocycles. The number of thiazole rings is 1. The quantitative estimate of drug-likeness (QED) is 0.276. The van der Waals surface area contributed by atoms with Gasteiger partial charge in [0.2, 0.25) is 0 Å². The second-order valence-corrected chi connectivity index (χ2v) is 10.6. The Morgan fingerprint density at radius 1 is 0.861 bits per heavy atom. The topological polar surface area (TPSA) is 97.4 Å². The number of nitrogens with zero attached hydrogens (tertiary/aromatic N) is 1. The Labute approximate surface area is 212 Å². The van der Waals surface area contributed by atoms with Crippen molar-refractivity contribution < 1.29 is 17.9 Å². The van der Waals surface area contributed by atoms with Crippen LogP contribution < -0.4 is 14.8 Å². The number of rotatable bonds is 7. The van der Waals surface area contributed by atoms with Crippen molar-refractivity contribution in [1.29, 1.82) is 0 Å². The maximum Gasteiger partial charge on any atom is 0.261 e. The van der Waals surface area contributed by atoms with Gasteiger partial charge in [-0.2, -0.15) is 0 Å². The fourth-order valence-electron chi connectivity index (χ4n) is 3.62. The van der Waals surface area contributed by atoms with E-state index in [0.29, 0.717) is 22.7 Å². The van der Waals surface area contributed by atoms with E-state index in [9.17, 15) is 13.2 Å². The molecule has 1 aromatic heterocycles. The van der Waals surface area contributed by atoms with Crippen molar-refractivity contribution in [3.05, 3.63) is 103 Å². The minimum atomic E-state index is -3.78. The molecule has 0 aliphatic rings. The molecular formula is C27H21N3O4S2. The molecule has 0 radical (unpaired) electrons. The highest BCUT2D eigenvalue weighted by molar-refractivity contribution is 7.92. The van der Waals surface area contributed by atoms with E-state index in [4.69, 9.17) is 9.72 Å². The SMILES string of the molecule is COc1ccc(S(=O)(=O)Nc2ccc(C(=O)Nc3ccccc3-c3nc4ccccc4s3)cc2)cc1. The zero-order chi connectivity index (χ0) is 25.1. The van der Waals surface area contributed by atoms with Crippen LogP contribution in [0.15, 0.2) is 102 Å². The van der Waals surface area contributed by atoms with Crippen molar-refractivity contribution in [1.82, 2.24) is 4.98 Å². The molecule has 9 heteroatoms. The van der Waals surface area contributed by atoms with Crippen molar-refractivity contribution in [3.8, 4) is 16.3 Å². The number of aromatic nitrogens is 1. The second kappa shape index (κ2) is 9.80. The number of hydrogen-bond acceptors (Lipinski definition) is 6. The highest BCUT2D eigenvalue weighted by Gasteiger charge is 2.16. The van der Waals surface area contributed by atoms with Crippen LogP contribution in [0.3, 0.4) is 0 Å². The van der Waals surface area contributed by atoms with Gasteiger partial charge in [0, 0.05) is 16.8 Å². The van der Waals surface area contributed by atoms with E-state index in [0.717, 1.165) is 20.8 Å². The zero-order valence-corrected chi connectivity index (χ0v) is 20.8. The predicted octanol–water partition coefficient (Wildman–Crippen LogP) is 6.03. The molecule has 0 unspecified atom stereocenters. The van der Waals surface area contributed by atoms with Gasteiger partial charge in [-0.05, 0) is 72.8 Å². The molecule has 1 heterocycles. The van der Waals surface area contributed by atoms with Crippen LogP contribution in [0.1, 0.15) is 10.4 Å². The summed E-state index contributed by atoms with van der Waals surface area (Å²) in [6, 6.07) is 27.7. The van der Waals surface area contributed by atoms with Crippen LogP contribution >= 0.6 is 11.3 Å². The van der Waals surface area contributed by atoms with E-state index in [2.05, 4.69) is 10.0 Å². The van der Waals surface area contributed by atoms with Crippen molar-refractivity contribution in [2.45, 2.75) is 4.90 Å². The van der Waals surface area contributed by atoms with E-state index in [-0.39, 0.29) is 10.8 Å². The summed E-state index contributed by atoms with van der Waals surface area (Å²) in [5, 5.41) is 3.77. The van der Waals surface area contributed by atoms with Gasteiger partial charge in [0.25, 0.3) is 15.9 Å². The number of benzene rings is 4. The van der Waals surface area contributed by atoms with Gasteiger partial charge < -0.3 is 10.1 Å². The average molecular weight is 516 g/mol. The molecule has 36 heavy (non-hydrogen) atoms. The molecule has 0 atom stereocenters. The van der Waals surface area contributed by atoms with Gasteiger partial charge in [-0.25, -0.2) is 13.4 Å². The van der Waals surface area contributed by atoms with Crippen LogP contribution in [0, 0.1) is 0 Å². The van der Waals surface area contributed by atoms with Crippen LogP contribution in [0.25, 0.3) is 20.8 Å².